The Morgan fingerprint density at radius 1 is 1.16 bits per heavy atom. The van der Waals surface area contributed by atoms with Crippen LogP contribution in [0.2, 0.25) is 5.02 Å². The zero-order valence-corrected chi connectivity index (χ0v) is 18.4. The average Bonchev–Trinajstić information content (AvgIpc) is 3.61. The number of pyridine rings is 1. The van der Waals surface area contributed by atoms with Gasteiger partial charge in [-0.1, -0.05) is 18.0 Å². The van der Waals surface area contributed by atoms with Crippen LogP contribution in [0.25, 0.3) is 0 Å². The molecular weight excluding hydrogens is 434 g/mol. The zero-order valence-electron chi connectivity index (χ0n) is 17.7. The first-order valence-electron chi connectivity index (χ1n) is 10.8. The van der Waals surface area contributed by atoms with Crippen molar-refractivity contribution in [3.05, 3.63) is 39.5 Å². The highest BCUT2D eigenvalue weighted by Crippen LogP contribution is 2.34. The van der Waals surface area contributed by atoms with Crippen LogP contribution in [-0.4, -0.2) is 39.2 Å². The molecule has 2 amide bonds. The number of anilines is 3. The Bertz CT molecular complexity index is 1150. The quantitative estimate of drug-likeness (QED) is 0.644. The molecule has 32 heavy (non-hydrogen) atoms. The first-order chi connectivity index (χ1) is 15.4. The predicted molar refractivity (Wildman–Crippen MR) is 120 cm³/mol. The second-order valence-electron chi connectivity index (χ2n) is 8.62. The van der Waals surface area contributed by atoms with Gasteiger partial charge in [-0.05, 0) is 44.6 Å². The van der Waals surface area contributed by atoms with Crippen LogP contribution in [0.4, 0.5) is 17.3 Å². The number of aromatic nitrogens is 3. The molecule has 2 aliphatic carbocycles. The summed E-state index contributed by atoms with van der Waals surface area (Å²) in [5, 5.41) is 10.7. The number of nitrogens with zero attached hydrogens (tertiary/aromatic N) is 4. The minimum atomic E-state index is -0.608. The van der Waals surface area contributed by atoms with Crippen LogP contribution >= 0.6 is 11.6 Å². The van der Waals surface area contributed by atoms with Crippen LogP contribution < -0.4 is 26.5 Å². The van der Waals surface area contributed by atoms with Crippen LogP contribution in [0.1, 0.15) is 55.4 Å². The van der Waals surface area contributed by atoms with E-state index in [1.165, 1.54) is 17.1 Å². The predicted octanol–water partition coefficient (Wildman–Crippen LogP) is 2.36. The zero-order chi connectivity index (χ0) is 22.5. The molecule has 3 aliphatic rings. The molecular formula is C21H24ClN7O3. The molecule has 2 fully saturated rings. The summed E-state index contributed by atoms with van der Waals surface area (Å²) >= 11 is 6.44. The number of hydrogen-bond donors (Lipinski definition) is 3. The SMILES string of the molecule is CN1n2c(c(Cl)cc(Nc3cc(NC(=O)C4CC4)ncn3)c2=O)C(=O)NC12CCCCC2. The molecule has 2 aromatic rings. The Hall–Kier alpha value is -3.14. The third-order valence-corrected chi connectivity index (χ3v) is 6.71. The standard InChI is InChI=1S/C21H24ClN7O3/c1-28-21(7-3-2-4-8-21)27-19(31)17-13(22)9-14(20(32)29(17)28)25-15-10-16(24-11-23-15)26-18(30)12-5-6-12/h9-12H,2-8H2,1H3,(H,27,31)(H2,23,24,25,26,30). The van der Waals surface area contributed by atoms with Crippen molar-refractivity contribution in [1.82, 2.24) is 20.0 Å². The van der Waals surface area contributed by atoms with Crippen molar-refractivity contribution in [3.8, 4) is 0 Å². The topological polar surface area (TPSA) is 121 Å². The number of amides is 2. The number of halogens is 1. The maximum Gasteiger partial charge on any atom is 0.293 e. The van der Waals surface area contributed by atoms with E-state index in [0.29, 0.717) is 11.6 Å². The molecule has 0 radical (unpaired) electrons. The summed E-state index contributed by atoms with van der Waals surface area (Å²) in [6.45, 7) is 0. The number of rotatable bonds is 4. The monoisotopic (exact) mass is 457 g/mol. The number of hydrogen-bond acceptors (Lipinski definition) is 7. The molecule has 3 heterocycles. The summed E-state index contributed by atoms with van der Waals surface area (Å²) in [4.78, 5) is 46.5. The highest BCUT2D eigenvalue weighted by molar-refractivity contribution is 6.34. The molecule has 2 saturated carbocycles. The van der Waals surface area contributed by atoms with E-state index in [1.54, 1.807) is 18.1 Å². The van der Waals surface area contributed by atoms with Gasteiger partial charge in [-0.15, -0.1) is 0 Å². The van der Waals surface area contributed by atoms with Gasteiger partial charge in [-0.2, -0.15) is 0 Å². The lowest BCUT2D eigenvalue weighted by Gasteiger charge is -2.49. The second kappa shape index (κ2) is 7.77. The summed E-state index contributed by atoms with van der Waals surface area (Å²) in [7, 11) is 1.80. The third kappa shape index (κ3) is 3.58. The minimum absolute atomic E-state index is 0.0410. The van der Waals surface area contributed by atoms with Gasteiger partial charge < -0.3 is 16.0 Å². The van der Waals surface area contributed by atoms with Gasteiger partial charge in [0.15, 0.2) is 0 Å². The summed E-state index contributed by atoms with van der Waals surface area (Å²) in [6, 6.07) is 2.98. The summed E-state index contributed by atoms with van der Waals surface area (Å²) in [5.74, 6) is 0.290. The highest BCUT2D eigenvalue weighted by atomic mass is 35.5. The van der Waals surface area contributed by atoms with E-state index < -0.39 is 11.2 Å². The fourth-order valence-corrected chi connectivity index (χ4v) is 4.76. The van der Waals surface area contributed by atoms with Gasteiger partial charge in [0, 0.05) is 19.0 Å². The summed E-state index contributed by atoms with van der Waals surface area (Å²) in [6.07, 6.45) is 7.62. The van der Waals surface area contributed by atoms with Gasteiger partial charge >= 0.3 is 0 Å². The Morgan fingerprint density at radius 2 is 1.88 bits per heavy atom. The fraction of sp³-hybridized carbons (Fsp3) is 0.476. The molecule has 1 aliphatic heterocycles. The van der Waals surface area contributed by atoms with Crippen LogP contribution in [0.3, 0.4) is 0 Å². The molecule has 5 rings (SSSR count). The molecule has 3 N–H and O–H groups in total. The molecule has 168 valence electrons. The molecule has 0 bridgehead atoms. The van der Waals surface area contributed by atoms with E-state index in [1.807, 2.05) is 0 Å². The number of fused-ring (bicyclic) bond motifs is 1. The van der Waals surface area contributed by atoms with Gasteiger partial charge in [0.1, 0.15) is 35.0 Å². The first-order valence-corrected chi connectivity index (χ1v) is 11.2. The van der Waals surface area contributed by atoms with Crippen LogP contribution in [-0.2, 0) is 4.79 Å². The van der Waals surface area contributed by atoms with E-state index >= 15 is 0 Å². The average molecular weight is 458 g/mol. The molecule has 1 spiro atoms. The second-order valence-corrected chi connectivity index (χ2v) is 9.03. The van der Waals surface area contributed by atoms with Crippen molar-refractivity contribution in [3.63, 3.8) is 0 Å². The molecule has 0 unspecified atom stereocenters. The largest absolute Gasteiger partial charge is 0.335 e. The van der Waals surface area contributed by atoms with Gasteiger partial charge in [0.2, 0.25) is 5.91 Å². The normalized spacial score (nSPS) is 19.3. The van der Waals surface area contributed by atoms with E-state index in [4.69, 9.17) is 11.6 Å². The highest BCUT2D eigenvalue weighted by Gasteiger charge is 2.44. The van der Waals surface area contributed by atoms with E-state index in [0.717, 1.165) is 44.9 Å². The van der Waals surface area contributed by atoms with Crippen molar-refractivity contribution in [2.45, 2.75) is 50.6 Å². The molecule has 0 saturated heterocycles. The van der Waals surface area contributed by atoms with Gasteiger partial charge in [0.05, 0.1) is 5.02 Å². The summed E-state index contributed by atoms with van der Waals surface area (Å²) < 4.78 is 1.35. The number of nitrogens with one attached hydrogen (secondary N) is 3. The van der Waals surface area contributed by atoms with Gasteiger partial charge in [0.25, 0.3) is 11.5 Å². The van der Waals surface area contributed by atoms with E-state index in [2.05, 4.69) is 25.9 Å². The van der Waals surface area contributed by atoms with Gasteiger partial charge in [-0.25, -0.2) is 14.6 Å². The van der Waals surface area contributed by atoms with Crippen LogP contribution in [0, 0.1) is 5.92 Å². The molecule has 0 aromatic carbocycles. The lowest BCUT2D eigenvalue weighted by atomic mass is 9.87. The van der Waals surface area contributed by atoms with Crippen molar-refractivity contribution in [2.24, 2.45) is 5.92 Å². The number of carbonyl (C=O) groups is 2. The van der Waals surface area contributed by atoms with Crippen molar-refractivity contribution in [1.29, 1.82) is 0 Å². The minimum Gasteiger partial charge on any atom is -0.335 e. The Labute approximate surface area is 189 Å². The first kappa shape index (κ1) is 20.7. The van der Waals surface area contributed by atoms with Gasteiger partial charge in [-0.3, -0.25) is 19.4 Å². The van der Waals surface area contributed by atoms with Crippen LogP contribution in [0.5, 0.6) is 0 Å². The summed E-state index contributed by atoms with van der Waals surface area (Å²) in [5.41, 5.74) is -0.734. The smallest absolute Gasteiger partial charge is 0.293 e. The van der Waals surface area contributed by atoms with Crippen molar-refractivity contribution < 1.29 is 9.59 Å². The van der Waals surface area contributed by atoms with E-state index in [9.17, 15) is 14.4 Å². The maximum atomic E-state index is 13.4. The number of carbonyl (C=O) groups excluding carboxylic acids is 2. The Kier molecular flexibility index (Phi) is 5.04. The Balaban J connectivity index is 1.48. The maximum absolute atomic E-state index is 13.4. The lowest BCUT2D eigenvalue weighted by Crippen LogP contribution is -2.70. The Morgan fingerprint density at radius 3 is 2.59 bits per heavy atom. The molecule has 11 heteroatoms. The van der Waals surface area contributed by atoms with Crippen LogP contribution in [0.15, 0.2) is 23.3 Å². The van der Waals surface area contributed by atoms with Crippen molar-refractivity contribution >= 4 is 40.7 Å². The fourth-order valence-electron chi connectivity index (χ4n) is 4.49. The molecule has 0 atom stereocenters. The molecule has 2 aromatic heterocycles. The van der Waals surface area contributed by atoms with E-state index in [-0.39, 0.29) is 34.1 Å². The third-order valence-electron chi connectivity index (χ3n) is 6.42. The van der Waals surface area contributed by atoms with Crippen molar-refractivity contribution in [2.75, 3.05) is 22.7 Å². The lowest BCUT2D eigenvalue weighted by molar-refractivity contribution is -0.117. The molecule has 10 nitrogen and oxygen atoms in total.